The second-order valence-corrected chi connectivity index (χ2v) is 5.68. The summed E-state index contributed by atoms with van der Waals surface area (Å²) in [6.45, 7) is 6.16. The summed E-state index contributed by atoms with van der Waals surface area (Å²) in [5.74, 6) is 1.19. The molecule has 0 fully saturated rings. The maximum Gasteiger partial charge on any atom is 0.240 e. The van der Waals surface area contributed by atoms with E-state index in [0.717, 1.165) is 6.42 Å². The lowest BCUT2D eigenvalue weighted by Gasteiger charge is -2.23. The predicted octanol–water partition coefficient (Wildman–Crippen LogP) is 2.22. The van der Waals surface area contributed by atoms with E-state index in [1.807, 2.05) is 0 Å². The number of rotatable bonds is 8. The average Bonchev–Trinajstić information content (AvgIpc) is 2.51. The van der Waals surface area contributed by atoms with Gasteiger partial charge in [0, 0.05) is 19.5 Å². The molecule has 0 aliphatic rings. The Hall–Kier alpha value is -2.24. The van der Waals surface area contributed by atoms with E-state index in [4.69, 9.17) is 9.47 Å². The fourth-order valence-corrected chi connectivity index (χ4v) is 2.07. The minimum Gasteiger partial charge on any atom is -0.497 e. The van der Waals surface area contributed by atoms with Crippen LogP contribution in [0.4, 0.5) is 5.69 Å². The van der Waals surface area contributed by atoms with Gasteiger partial charge < -0.3 is 14.8 Å². The van der Waals surface area contributed by atoms with E-state index in [1.165, 1.54) is 18.9 Å². The molecule has 1 aromatic carbocycles. The molecule has 0 aliphatic carbocycles. The first kappa shape index (κ1) is 18.8. The van der Waals surface area contributed by atoms with Crippen LogP contribution in [0.15, 0.2) is 18.2 Å². The van der Waals surface area contributed by atoms with Gasteiger partial charge in [-0.05, 0) is 24.5 Å². The number of anilines is 1. The number of nitrogens with zero attached hydrogens (tertiary/aromatic N) is 1. The summed E-state index contributed by atoms with van der Waals surface area (Å²) in [5.41, 5.74) is 0.541. The average molecular weight is 322 g/mol. The SMILES string of the molecule is COc1ccc(N(CC(=O)NCCC(C)C)C(C)=O)c(OC)c1. The molecular weight excluding hydrogens is 296 g/mol. The number of nitrogens with one attached hydrogen (secondary N) is 1. The molecule has 0 saturated heterocycles. The van der Waals surface area contributed by atoms with Crippen molar-refractivity contribution in [2.45, 2.75) is 27.2 Å². The molecule has 0 spiro atoms. The van der Waals surface area contributed by atoms with Crippen molar-refractivity contribution < 1.29 is 19.1 Å². The first-order valence-corrected chi connectivity index (χ1v) is 7.65. The largest absolute Gasteiger partial charge is 0.497 e. The highest BCUT2D eigenvalue weighted by molar-refractivity contribution is 5.98. The Bertz CT molecular complexity index is 543. The molecule has 1 rings (SSSR count). The minimum atomic E-state index is -0.229. The van der Waals surface area contributed by atoms with Crippen molar-refractivity contribution in [3.05, 3.63) is 18.2 Å². The zero-order chi connectivity index (χ0) is 17.4. The summed E-state index contributed by atoms with van der Waals surface area (Å²) in [5, 5.41) is 2.83. The van der Waals surface area contributed by atoms with Crippen LogP contribution in [0.25, 0.3) is 0 Å². The number of hydrogen-bond donors (Lipinski definition) is 1. The van der Waals surface area contributed by atoms with Gasteiger partial charge in [0.2, 0.25) is 11.8 Å². The van der Waals surface area contributed by atoms with Gasteiger partial charge >= 0.3 is 0 Å². The van der Waals surface area contributed by atoms with Crippen molar-refractivity contribution in [2.24, 2.45) is 5.92 Å². The van der Waals surface area contributed by atoms with Gasteiger partial charge in [-0.2, -0.15) is 0 Å². The molecule has 0 aliphatic heterocycles. The van der Waals surface area contributed by atoms with E-state index in [0.29, 0.717) is 29.6 Å². The van der Waals surface area contributed by atoms with Crippen LogP contribution in [0, 0.1) is 5.92 Å². The Labute approximate surface area is 137 Å². The van der Waals surface area contributed by atoms with E-state index in [1.54, 1.807) is 25.3 Å². The van der Waals surface area contributed by atoms with Crippen LogP contribution in [-0.2, 0) is 9.59 Å². The summed E-state index contributed by atoms with van der Waals surface area (Å²) in [4.78, 5) is 25.4. The molecule has 1 N–H and O–H groups in total. The smallest absolute Gasteiger partial charge is 0.240 e. The number of carbonyl (C=O) groups is 2. The molecule has 0 aromatic heterocycles. The third-order valence-corrected chi connectivity index (χ3v) is 3.40. The van der Waals surface area contributed by atoms with E-state index < -0.39 is 0 Å². The Kier molecular flexibility index (Phi) is 7.38. The van der Waals surface area contributed by atoms with Crippen molar-refractivity contribution in [1.29, 1.82) is 0 Å². The molecule has 0 heterocycles. The summed E-state index contributed by atoms with van der Waals surface area (Å²) in [6.07, 6.45) is 0.900. The maximum absolute atomic E-state index is 12.1. The second kappa shape index (κ2) is 9.02. The molecule has 0 radical (unpaired) electrons. The molecule has 1 aromatic rings. The Morgan fingerprint density at radius 3 is 2.43 bits per heavy atom. The zero-order valence-corrected chi connectivity index (χ0v) is 14.5. The molecule has 0 saturated carbocycles. The summed E-state index contributed by atoms with van der Waals surface area (Å²) < 4.78 is 10.5. The number of benzene rings is 1. The molecule has 2 amide bonds. The lowest BCUT2D eigenvalue weighted by Crippen LogP contribution is -2.40. The number of ether oxygens (including phenoxy) is 2. The van der Waals surface area contributed by atoms with Gasteiger partial charge in [-0.25, -0.2) is 0 Å². The van der Waals surface area contributed by atoms with Crippen LogP contribution >= 0.6 is 0 Å². The first-order chi connectivity index (χ1) is 10.9. The maximum atomic E-state index is 12.1. The Balaban J connectivity index is 2.86. The third-order valence-electron chi connectivity index (χ3n) is 3.40. The molecule has 6 heteroatoms. The first-order valence-electron chi connectivity index (χ1n) is 7.65. The van der Waals surface area contributed by atoms with Crippen LogP contribution in [0.1, 0.15) is 27.2 Å². The Morgan fingerprint density at radius 2 is 1.91 bits per heavy atom. The van der Waals surface area contributed by atoms with Crippen LogP contribution in [0.5, 0.6) is 11.5 Å². The van der Waals surface area contributed by atoms with Gasteiger partial charge in [0.1, 0.15) is 18.0 Å². The van der Waals surface area contributed by atoms with Gasteiger partial charge in [0.05, 0.1) is 19.9 Å². The molecule has 23 heavy (non-hydrogen) atoms. The standard InChI is InChI=1S/C17H26N2O4/c1-12(2)8-9-18-17(21)11-19(13(3)20)15-7-6-14(22-4)10-16(15)23-5/h6-7,10,12H,8-9,11H2,1-5H3,(H,18,21). The van der Waals surface area contributed by atoms with Gasteiger partial charge in [-0.3, -0.25) is 14.5 Å². The number of amides is 2. The van der Waals surface area contributed by atoms with Gasteiger partial charge in [0.25, 0.3) is 0 Å². The molecule has 128 valence electrons. The lowest BCUT2D eigenvalue weighted by molar-refractivity contribution is -0.123. The topological polar surface area (TPSA) is 67.9 Å². The van der Waals surface area contributed by atoms with E-state index in [9.17, 15) is 9.59 Å². The highest BCUT2D eigenvalue weighted by Crippen LogP contribution is 2.32. The molecule has 0 bridgehead atoms. The van der Waals surface area contributed by atoms with Crippen molar-refractivity contribution in [3.8, 4) is 11.5 Å². The Morgan fingerprint density at radius 1 is 1.22 bits per heavy atom. The molecular formula is C17H26N2O4. The molecule has 6 nitrogen and oxygen atoms in total. The number of carbonyl (C=O) groups excluding carboxylic acids is 2. The third kappa shape index (κ3) is 5.81. The highest BCUT2D eigenvalue weighted by Gasteiger charge is 2.19. The molecule has 0 unspecified atom stereocenters. The van der Waals surface area contributed by atoms with E-state index in [2.05, 4.69) is 19.2 Å². The van der Waals surface area contributed by atoms with Crippen LogP contribution in [0.2, 0.25) is 0 Å². The van der Waals surface area contributed by atoms with Crippen molar-refractivity contribution in [2.75, 3.05) is 32.2 Å². The van der Waals surface area contributed by atoms with Gasteiger partial charge in [-0.1, -0.05) is 13.8 Å². The number of hydrogen-bond acceptors (Lipinski definition) is 4. The van der Waals surface area contributed by atoms with Crippen LogP contribution < -0.4 is 19.7 Å². The number of methoxy groups -OCH3 is 2. The predicted molar refractivity (Wildman–Crippen MR) is 90.0 cm³/mol. The van der Waals surface area contributed by atoms with Gasteiger partial charge in [0.15, 0.2) is 0 Å². The van der Waals surface area contributed by atoms with Crippen molar-refractivity contribution in [1.82, 2.24) is 5.32 Å². The summed E-state index contributed by atoms with van der Waals surface area (Å²) >= 11 is 0. The fourth-order valence-electron chi connectivity index (χ4n) is 2.07. The van der Waals surface area contributed by atoms with Crippen LogP contribution in [0.3, 0.4) is 0 Å². The minimum absolute atomic E-state index is 0.0455. The quantitative estimate of drug-likeness (QED) is 0.797. The monoisotopic (exact) mass is 322 g/mol. The van der Waals surface area contributed by atoms with Gasteiger partial charge in [-0.15, -0.1) is 0 Å². The molecule has 0 atom stereocenters. The van der Waals surface area contributed by atoms with Crippen molar-refractivity contribution >= 4 is 17.5 Å². The fraction of sp³-hybridized carbons (Fsp3) is 0.529. The van der Waals surface area contributed by atoms with Crippen LogP contribution in [-0.4, -0.2) is 39.1 Å². The summed E-state index contributed by atoms with van der Waals surface area (Å²) in [7, 11) is 3.07. The highest BCUT2D eigenvalue weighted by atomic mass is 16.5. The summed E-state index contributed by atoms with van der Waals surface area (Å²) in [6, 6.07) is 5.12. The van der Waals surface area contributed by atoms with Crippen molar-refractivity contribution in [3.63, 3.8) is 0 Å². The van der Waals surface area contributed by atoms with E-state index >= 15 is 0 Å². The lowest BCUT2D eigenvalue weighted by atomic mass is 10.1. The zero-order valence-electron chi connectivity index (χ0n) is 14.5. The second-order valence-electron chi connectivity index (χ2n) is 5.68. The normalized spacial score (nSPS) is 10.3. The van der Waals surface area contributed by atoms with E-state index in [-0.39, 0.29) is 18.4 Å².